The Bertz CT molecular complexity index is 1290. The van der Waals surface area contributed by atoms with Gasteiger partial charge in [-0.1, -0.05) is 6.07 Å². The molecule has 0 aliphatic heterocycles. The highest BCUT2D eigenvalue weighted by molar-refractivity contribution is 6.02. The molecule has 2 N–H and O–H groups in total. The van der Waals surface area contributed by atoms with Gasteiger partial charge in [0, 0.05) is 34.9 Å². The summed E-state index contributed by atoms with van der Waals surface area (Å²) in [6.45, 7) is 0. The van der Waals surface area contributed by atoms with Gasteiger partial charge in [0.2, 0.25) is 0 Å². The van der Waals surface area contributed by atoms with Crippen LogP contribution in [0, 0.1) is 0 Å². The maximum absolute atomic E-state index is 10.3. The zero-order valence-electron chi connectivity index (χ0n) is 14.1. The molecule has 0 saturated carbocycles. The summed E-state index contributed by atoms with van der Waals surface area (Å²) in [5.74, 6) is 0.746. The van der Waals surface area contributed by atoms with Gasteiger partial charge in [0.05, 0.1) is 23.0 Å². The van der Waals surface area contributed by atoms with Crippen LogP contribution in [0.2, 0.25) is 0 Å². The second-order valence-electron chi connectivity index (χ2n) is 6.12. The van der Waals surface area contributed by atoms with Crippen LogP contribution in [-0.2, 0) is 0 Å². The SMILES string of the molecule is Oc1[nH]c2ncc(-c3ccco3)cc2c1C=Nc1ccc2ncccc2c1. The van der Waals surface area contributed by atoms with Gasteiger partial charge in [0.25, 0.3) is 0 Å². The third-order valence-electron chi connectivity index (χ3n) is 4.40. The molecule has 0 bridgehead atoms. The highest BCUT2D eigenvalue weighted by Crippen LogP contribution is 2.29. The Morgan fingerprint density at radius 3 is 2.93 bits per heavy atom. The lowest BCUT2D eigenvalue weighted by atomic mass is 10.1. The maximum Gasteiger partial charge on any atom is 0.199 e. The van der Waals surface area contributed by atoms with Crippen LogP contribution in [0.4, 0.5) is 5.69 Å². The number of hydrogen-bond acceptors (Lipinski definition) is 5. The van der Waals surface area contributed by atoms with Crippen molar-refractivity contribution < 1.29 is 9.52 Å². The van der Waals surface area contributed by atoms with Crippen LogP contribution in [0.5, 0.6) is 5.88 Å². The molecule has 1 aromatic carbocycles. The van der Waals surface area contributed by atoms with E-state index in [0.29, 0.717) is 11.2 Å². The highest BCUT2D eigenvalue weighted by atomic mass is 16.3. The van der Waals surface area contributed by atoms with Crippen molar-refractivity contribution in [3.63, 3.8) is 0 Å². The topological polar surface area (TPSA) is 87.3 Å². The van der Waals surface area contributed by atoms with Crippen molar-refractivity contribution in [2.75, 3.05) is 0 Å². The van der Waals surface area contributed by atoms with Gasteiger partial charge < -0.3 is 14.5 Å². The highest BCUT2D eigenvalue weighted by Gasteiger charge is 2.12. The maximum atomic E-state index is 10.3. The minimum absolute atomic E-state index is 0.0281. The van der Waals surface area contributed by atoms with E-state index < -0.39 is 0 Å². The quantitative estimate of drug-likeness (QED) is 0.454. The standard InChI is InChI=1S/C21H14N4O2/c26-21-17(12-23-15-5-6-18-13(9-15)3-1-7-22-18)16-10-14(11-24-20(16)25-21)19-4-2-8-27-19/h1-12,26H,(H,24,25). The van der Waals surface area contributed by atoms with E-state index in [1.54, 1.807) is 24.9 Å². The third kappa shape index (κ3) is 2.73. The number of nitrogens with one attached hydrogen (secondary N) is 1. The predicted octanol–water partition coefficient (Wildman–Crippen LogP) is 4.83. The zero-order chi connectivity index (χ0) is 18.2. The lowest BCUT2D eigenvalue weighted by molar-refractivity contribution is 0.457. The molecule has 0 atom stereocenters. The number of aliphatic imine (C=N–C) groups is 1. The zero-order valence-corrected chi connectivity index (χ0v) is 14.1. The Hall–Kier alpha value is -3.93. The van der Waals surface area contributed by atoms with E-state index in [9.17, 15) is 5.11 Å². The summed E-state index contributed by atoms with van der Waals surface area (Å²) >= 11 is 0. The van der Waals surface area contributed by atoms with Gasteiger partial charge in [-0.3, -0.25) is 9.98 Å². The van der Waals surface area contributed by atoms with Crippen LogP contribution in [0.1, 0.15) is 5.56 Å². The Balaban J connectivity index is 1.57. The molecule has 5 aromatic rings. The van der Waals surface area contributed by atoms with Gasteiger partial charge in [0.1, 0.15) is 11.4 Å². The lowest BCUT2D eigenvalue weighted by Gasteiger charge is -1.99. The number of pyridine rings is 2. The molecule has 0 fully saturated rings. The van der Waals surface area contributed by atoms with E-state index in [-0.39, 0.29) is 5.88 Å². The molecule has 0 amide bonds. The molecule has 4 aromatic heterocycles. The van der Waals surface area contributed by atoms with Crippen molar-refractivity contribution in [3.8, 4) is 17.2 Å². The molecule has 0 unspecified atom stereocenters. The Morgan fingerprint density at radius 2 is 2.04 bits per heavy atom. The van der Waals surface area contributed by atoms with E-state index in [2.05, 4.69) is 19.9 Å². The van der Waals surface area contributed by atoms with Crippen LogP contribution < -0.4 is 0 Å². The molecule has 4 heterocycles. The van der Waals surface area contributed by atoms with Gasteiger partial charge in [-0.25, -0.2) is 4.98 Å². The number of benzene rings is 1. The number of aromatic nitrogens is 3. The van der Waals surface area contributed by atoms with Crippen molar-refractivity contribution in [2.24, 2.45) is 4.99 Å². The van der Waals surface area contributed by atoms with Crippen molar-refractivity contribution in [1.29, 1.82) is 0 Å². The molecular formula is C21H14N4O2. The summed E-state index contributed by atoms with van der Waals surface area (Å²) < 4.78 is 5.43. The monoisotopic (exact) mass is 354 g/mol. The van der Waals surface area contributed by atoms with Gasteiger partial charge in [-0.15, -0.1) is 0 Å². The summed E-state index contributed by atoms with van der Waals surface area (Å²) in [4.78, 5) is 16.1. The molecular weight excluding hydrogens is 340 g/mol. The molecule has 0 spiro atoms. The first-order valence-corrected chi connectivity index (χ1v) is 8.41. The lowest BCUT2D eigenvalue weighted by Crippen LogP contribution is -1.83. The van der Waals surface area contributed by atoms with E-state index in [0.717, 1.165) is 33.3 Å². The second-order valence-corrected chi connectivity index (χ2v) is 6.12. The van der Waals surface area contributed by atoms with Crippen LogP contribution in [0.25, 0.3) is 33.3 Å². The first kappa shape index (κ1) is 15.3. The summed E-state index contributed by atoms with van der Waals surface area (Å²) in [5.41, 5.74) is 3.69. The minimum atomic E-state index is 0.0281. The van der Waals surface area contributed by atoms with Crippen molar-refractivity contribution in [1.82, 2.24) is 15.0 Å². The van der Waals surface area contributed by atoms with E-state index >= 15 is 0 Å². The fraction of sp³-hybridized carbons (Fsp3) is 0. The van der Waals surface area contributed by atoms with E-state index in [4.69, 9.17) is 4.42 Å². The normalized spacial score (nSPS) is 11.7. The van der Waals surface area contributed by atoms with Crippen LogP contribution >= 0.6 is 0 Å². The van der Waals surface area contributed by atoms with Crippen molar-refractivity contribution >= 4 is 33.8 Å². The number of aromatic hydroxyl groups is 1. The first-order chi connectivity index (χ1) is 13.3. The number of H-pyrrole nitrogens is 1. The van der Waals surface area contributed by atoms with E-state index in [1.165, 1.54) is 0 Å². The van der Waals surface area contributed by atoms with Crippen LogP contribution in [0.15, 0.2) is 76.6 Å². The average Bonchev–Trinajstić information content (AvgIpc) is 3.33. The van der Waals surface area contributed by atoms with Gasteiger partial charge in [-0.05, 0) is 42.5 Å². The average molecular weight is 354 g/mol. The number of aromatic amines is 1. The summed E-state index contributed by atoms with van der Waals surface area (Å²) in [7, 11) is 0. The molecule has 5 rings (SSSR count). The minimum Gasteiger partial charge on any atom is -0.494 e. The fourth-order valence-electron chi connectivity index (χ4n) is 3.07. The van der Waals surface area contributed by atoms with E-state index in [1.807, 2.05) is 48.5 Å². The largest absolute Gasteiger partial charge is 0.494 e. The van der Waals surface area contributed by atoms with Gasteiger partial charge in [0.15, 0.2) is 5.88 Å². The summed E-state index contributed by atoms with van der Waals surface area (Å²) in [6.07, 6.45) is 6.72. The van der Waals surface area contributed by atoms with Crippen LogP contribution in [0.3, 0.4) is 0 Å². The van der Waals surface area contributed by atoms with Gasteiger partial charge >= 0.3 is 0 Å². The predicted molar refractivity (Wildman–Crippen MR) is 104 cm³/mol. The number of nitrogens with zero attached hydrogens (tertiary/aromatic N) is 3. The number of fused-ring (bicyclic) bond motifs is 2. The first-order valence-electron chi connectivity index (χ1n) is 8.41. The number of furan rings is 1. The Kier molecular flexibility index (Phi) is 3.47. The number of hydrogen-bond donors (Lipinski definition) is 2. The molecule has 6 nitrogen and oxygen atoms in total. The van der Waals surface area contributed by atoms with Gasteiger partial charge in [-0.2, -0.15) is 0 Å². The molecule has 0 saturated heterocycles. The second kappa shape index (κ2) is 6.10. The molecule has 6 heteroatoms. The smallest absolute Gasteiger partial charge is 0.199 e. The van der Waals surface area contributed by atoms with Crippen LogP contribution in [-0.4, -0.2) is 26.3 Å². The summed E-state index contributed by atoms with van der Waals surface area (Å²) in [6, 6.07) is 15.3. The Morgan fingerprint density at radius 1 is 1.07 bits per heavy atom. The molecule has 0 aliphatic rings. The molecule has 0 aliphatic carbocycles. The number of rotatable bonds is 3. The molecule has 0 radical (unpaired) electrons. The molecule has 130 valence electrons. The summed E-state index contributed by atoms with van der Waals surface area (Å²) in [5, 5.41) is 12.1. The fourth-order valence-corrected chi connectivity index (χ4v) is 3.07. The molecule has 27 heavy (non-hydrogen) atoms. The van der Waals surface area contributed by atoms with Crippen molar-refractivity contribution in [2.45, 2.75) is 0 Å². The third-order valence-corrected chi connectivity index (χ3v) is 4.40. The van der Waals surface area contributed by atoms with Crippen molar-refractivity contribution in [3.05, 3.63) is 72.8 Å². The Labute approximate surface area is 153 Å².